The second-order valence-corrected chi connectivity index (χ2v) is 4.86. The number of hydrogen-bond donors (Lipinski definition) is 0. The van der Waals surface area contributed by atoms with Crippen LogP contribution in [0.3, 0.4) is 0 Å². The van der Waals surface area contributed by atoms with Crippen LogP contribution in [-0.2, 0) is 4.79 Å². The maximum atomic E-state index is 11.3. The molecule has 0 aliphatic carbocycles. The molecule has 0 unspecified atom stereocenters. The highest BCUT2D eigenvalue weighted by atomic mass is 32.2. The molecule has 0 spiro atoms. The molecule has 0 aromatic rings. The SMILES string of the molecule is CCCCCCCC(=O)CSCCC. The number of unbranched alkanes of at least 4 members (excludes halogenated alkanes) is 4. The first-order valence-corrected chi connectivity index (χ1v) is 7.06. The number of rotatable bonds is 10. The topological polar surface area (TPSA) is 17.1 Å². The van der Waals surface area contributed by atoms with Crippen molar-refractivity contribution in [2.75, 3.05) is 11.5 Å². The first kappa shape index (κ1) is 14.0. The van der Waals surface area contributed by atoms with Gasteiger partial charge in [0, 0.05) is 6.42 Å². The van der Waals surface area contributed by atoms with Gasteiger partial charge in [0.2, 0.25) is 0 Å². The van der Waals surface area contributed by atoms with Gasteiger partial charge in [-0.1, -0.05) is 39.5 Å². The van der Waals surface area contributed by atoms with E-state index in [0.29, 0.717) is 5.78 Å². The standard InChI is InChI=1S/C12H24OS/c1-3-5-6-7-8-9-12(13)11-14-10-4-2/h3-11H2,1-2H3. The summed E-state index contributed by atoms with van der Waals surface area (Å²) < 4.78 is 0. The van der Waals surface area contributed by atoms with Crippen LogP contribution in [0.25, 0.3) is 0 Å². The molecule has 0 fully saturated rings. The minimum Gasteiger partial charge on any atom is -0.299 e. The molecular formula is C12H24OS. The largest absolute Gasteiger partial charge is 0.299 e. The molecule has 0 saturated carbocycles. The molecule has 0 amide bonds. The lowest BCUT2D eigenvalue weighted by atomic mass is 10.1. The Balaban J connectivity index is 3.10. The van der Waals surface area contributed by atoms with Gasteiger partial charge in [-0.05, 0) is 18.6 Å². The quantitative estimate of drug-likeness (QED) is 0.512. The molecule has 0 bridgehead atoms. The lowest BCUT2D eigenvalue weighted by Gasteiger charge is -2.00. The van der Waals surface area contributed by atoms with E-state index in [-0.39, 0.29) is 0 Å². The summed E-state index contributed by atoms with van der Waals surface area (Å²) in [6.07, 6.45) is 8.21. The molecule has 0 aliphatic rings. The molecule has 84 valence electrons. The van der Waals surface area contributed by atoms with E-state index < -0.39 is 0 Å². The third-order valence-electron chi connectivity index (χ3n) is 2.17. The predicted molar refractivity (Wildman–Crippen MR) is 66.0 cm³/mol. The van der Waals surface area contributed by atoms with E-state index in [0.717, 1.165) is 24.3 Å². The molecule has 0 N–H and O–H groups in total. The highest BCUT2D eigenvalue weighted by molar-refractivity contribution is 7.99. The molecule has 2 heteroatoms. The molecular weight excluding hydrogens is 192 g/mol. The zero-order valence-corrected chi connectivity index (χ0v) is 10.5. The van der Waals surface area contributed by atoms with Crippen molar-refractivity contribution >= 4 is 17.5 Å². The maximum absolute atomic E-state index is 11.3. The summed E-state index contributed by atoms with van der Waals surface area (Å²) in [5.41, 5.74) is 0. The fraction of sp³-hybridized carbons (Fsp3) is 0.917. The van der Waals surface area contributed by atoms with Crippen molar-refractivity contribution in [3.63, 3.8) is 0 Å². The van der Waals surface area contributed by atoms with Crippen molar-refractivity contribution in [2.45, 2.75) is 58.8 Å². The Morgan fingerprint density at radius 1 is 1.00 bits per heavy atom. The van der Waals surface area contributed by atoms with E-state index in [1.54, 1.807) is 11.8 Å². The van der Waals surface area contributed by atoms with Gasteiger partial charge in [0.15, 0.2) is 0 Å². The summed E-state index contributed by atoms with van der Waals surface area (Å²) in [7, 11) is 0. The van der Waals surface area contributed by atoms with E-state index in [4.69, 9.17) is 0 Å². The van der Waals surface area contributed by atoms with Crippen molar-refractivity contribution in [2.24, 2.45) is 0 Å². The van der Waals surface area contributed by atoms with Gasteiger partial charge in [-0.15, -0.1) is 0 Å². The molecule has 14 heavy (non-hydrogen) atoms. The number of carbonyl (C=O) groups is 1. The average Bonchev–Trinajstić information content (AvgIpc) is 2.18. The highest BCUT2D eigenvalue weighted by Crippen LogP contribution is 2.08. The molecule has 0 heterocycles. The van der Waals surface area contributed by atoms with Crippen molar-refractivity contribution < 1.29 is 4.79 Å². The Morgan fingerprint density at radius 2 is 1.71 bits per heavy atom. The molecule has 0 aliphatic heterocycles. The number of carbonyl (C=O) groups excluding carboxylic acids is 1. The zero-order chi connectivity index (χ0) is 10.6. The van der Waals surface area contributed by atoms with Crippen LogP contribution in [0.2, 0.25) is 0 Å². The van der Waals surface area contributed by atoms with Crippen LogP contribution in [0, 0.1) is 0 Å². The fourth-order valence-electron chi connectivity index (χ4n) is 1.33. The molecule has 0 aromatic heterocycles. The summed E-state index contributed by atoms with van der Waals surface area (Å²) in [5.74, 6) is 2.31. The summed E-state index contributed by atoms with van der Waals surface area (Å²) in [6.45, 7) is 4.37. The summed E-state index contributed by atoms with van der Waals surface area (Å²) in [5, 5.41) is 0. The van der Waals surface area contributed by atoms with E-state index in [2.05, 4.69) is 13.8 Å². The van der Waals surface area contributed by atoms with Gasteiger partial charge in [0.25, 0.3) is 0 Å². The monoisotopic (exact) mass is 216 g/mol. The molecule has 0 aromatic carbocycles. The van der Waals surface area contributed by atoms with Gasteiger partial charge in [-0.2, -0.15) is 11.8 Å². The van der Waals surface area contributed by atoms with Gasteiger partial charge in [-0.3, -0.25) is 4.79 Å². The predicted octanol–water partition coefficient (Wildman–Crippen LogP) is 4.06. The van der Waals surface area contributed by atoms with E-state index in [1.165, 1.54) is 32.1 Å². The van der Waals surface area contributed by atoms with Crippen molar-refractivity contribution in [3.8, 4) is 0 Å². The normalized spacial score (nSPS) is 10.4. The van der Waals surface area contributed by atoms with Crippen LogP contribution in [0.4, 0.5) is 0 Å². The van der Waals surface area contributed by atoms with E-state index in [9.17, 15) is 4.79 Å². The zero-order valence-electron chi connectivity index (χ0n) is 9.68. The van der Waals surface area contributed by atoms with Crippen LogP contribution in [0.15, 0.2) is 0 Å². The lowest BCUT2D eigenvalue weighted by molar-refractivity contribution is -0.116. The van der Waals surface area contributed by atoms with E-state index in [1.807, 2.05) is 0 Å². The van der Waals surface area contributed by atoms with Crippen molar-refractivity contribution in [1.29, 1.82) is 0 Å². The van der Waals surface area contributed by atoms with Crippen molar-refractivity contribution in [3.05, 3.63) is 0 Å². The van der Waals surface area contributed by atoms with Gasteiger partial charge in [0.05, 0.1) is 5.75 Å². The molecule has 0 saturated heterocycles. The number of hydrogen-bond acceptors (Lipinski definition) is 2. The minimum atomic E-state index is 0.444. The maximum Gasteiger partial charge on any atom is 0.142 e. The summed E-state index contributed by atoms with van der Waals surface area (Å²) in [6, 6.07) is 0. The van der Waals surface area contributed by atoms with Crippen LogP contribution >= 0.6 is 11.8 Å². The molecule has 0 rings (SSSR count). The van der Waals surface area contributed by atoms with Crippen LogP contribution in [0.1, 0.15) is 58.8 Å². The van der Waals surface area contributed by atoms with Gasteiger partial charge in [-0.25, -0.2) is 0 Å². The second kappa shape index (κ2) is 11.1. The Kier molecular flexibility index (Phi) is 11.1. The lowest BCUT2D eigenvalue weighted by Crippen LogP contribution is -2.01. The minimum absolute atomic E-state index is 0.444. The fourth-order valence-corrected chi connectivity index (χ4v) is 2.13. The smallest absolute Gasteiger partial charge is 0.142 e. The molecule has 0 atom stereocenters. The second-order valence-electron chi connectivity index (χ2n) is 3.76. The average molecular weight is 216 g/mol. The van der Waals surface area contributed by atoms with Crippen LogP contribution < -0.4 is 0 Å². The number of Topliss-reactive ketones (excluding diaryl/α,β-unsaturated/α-hetero) is 1. The van der Waals surface area contributed by atoms with Crippen LogP contribution in [-0.4, -0.2) is 17.3 Å². The number of thioether (sulfide) groups is 1. The molecule has 0 radical (unpaired) electrons. The van der Waals surface area contributed by atoms with Gasteiger partial charge >= 0.3 is 0 Å². The molecule has 1 nitrogen and oxygen atoms in total. The van der Waals surface area contributed by atoms with Crippen molar-refractivity contribution in [1.82, 2.24) is 0 Å². The first-order chi connectivity index (χ1) is 6.81. The Labute approximate surface area is 93.0 Å². The Bertz CT molecular complexity index is 134. The van der Waals surface area contributed by atoms with Gasteiger partial charge < -0.3 is 0 Å². The van der Waals surface area contributed by atoms with E-state index >= 15 is 0 Å². The third-order valence-corrected chi connectivity index (χ3v) is 3.39. The van der Waals surface area contributed by atoms with Crippen LogP contribution in [0.5, 0.6) is 0 Å². The Hall–Kier alpha value is 0.0200. The third kappa shape index (κ3) is 10.1. The first-order valence-electron chi connectivity index (χ1n) is 5.90. The van der Waals surface area contributed by atoms with Gasteiger partial charge in [0.1, 0.15) is 5.78 Å². The summed E-state index contributed by atoms with van der Waals surface area (Å²) >= 11 is 1.78. The Morgan fingerprint density at radius 3 is 2.36 bits per heavy atom. The number of ketones is 1. The summed E-state index contributed by atoms with van der Waals surface area (Å²) in [4.78, 5) is 11.3. The highest BCUT2D eigenvalue weighted by Gasteiger charge is 2.00.